The van der Waals surface area contributed by atoms with Crippen LogP contribution in [-0.2, 0) is 18.1 Å². The van der Waals surface area contributed by atoms with Crippen LogP contribution in [0.25, 0.3) is 28.7 Å². The first-order valence-electron chi connectivity index (χ1n) is 17.2. The molecule has 2 aromatic heterocycles. The summed E-state index contributed by atoms with van der Waals surface area (Å²) in [4.78, 5) is 9.08. The van der Waals surface area contributed by atoms with Crippen molar-refractivity contribution >= 4 is 6.08 Å². The van der Waals surface area contributed by atoms with Crippen LogP contribution in [0.1, 0.15) is 96.2 Å². The molecule has 0 atom stereocenters. The average molecular weight is 660 g/mol. The molecule has 2 heterocycles. The van der Waals surface area contributed by atoms with Gasteiger partial charge in [0.1, 0.15) is 30.7 Å². The highest BCUT2D eigenvalue weighted by Gasteiger charge is 2.12. The number of pyridine rings is 1. The van der Waals surface area contributed by atoms with Gasteiger partial charge < -0.3 is 18.8 Å². The predicted molar refractivity (Wildman–Crippen MR) is 190 cm³/mol. The number of hydrogen-bond acceptors (Lipinski definition) is 5. The summed E-state index contributed by atoms with van der Waals surface area (Å²) in [5.74, 6) is 2.10. The van der Waals surface area contributed by atoms with Gasteiger partial charge in [-0.15, -0.1) is 0 Å². The Morgan fingerprint density at radius 3 is 2.00 bits per heavy atom. The molecule has 0 unspecified atom stereocenters. The number of ether oxygens (including phenoxy) is 3. The SMILES string of the molecule is COc1ccc(COc2ccc(-c3ccc(-c4nc(C=C(F)F)cn4COCCCCCCCCCCCC(C)(C)C)cn3)cc2)cc1. The minimum atomic E-state index is -1.79. The van der Waals surface area contributed by atoms with E-state index >= 15 is 0 Å². The summed E-state index contributed by atoms with van der Waals surface area (Å²) in [7, 11) is 1.64. The third-order valence-corrected chi connectivity index (χ3v) is 8.23. The van der Waals surface area contributed by atoms with Crippen LogP contribution in [0, 0.1) is 5.41 Å². The maximum absolute atomic E-state index is 13.1. The largest absolute Gasteiger partial charge is 0.497 e. The number of halogens is 2. The van der Waals surface area contributed by atoms with Crippen LogP contribution in [0.4, 0.5) is 8.78 Å². The third-order valence-electron chi connectivity index (χ3n) is 8.23. The van der Waals surface area contributed by atoms with E-state index in [-0.39, 0.29) is 12.4 Å². The Bertz CT molecular complexity index is 1520. The van der Waals surface area contributed by atoms with Crippen molar-refractivity contribution in [3.63, 3.8) is 0 Å². The van der Waals surface area contributed by atoms with E-state index in [1.54, 1.807) is 24.1 Å². The first-order chi connectivity index (χ1) is 23.2. The standard InChI is InChI=1S/C40H51F2N3O3/c1-40(2,3)24-12-10-8-6-5-7-9-11-13-25-47-30-45-28-34(26-38(41)42)44-39(45)33-18-23-37(43-27-33)32-16-21-36(22-17-32)48-29-31-14-19-35(46-4)20-15-31/h14-23,26-28H,5-13,24-25,29-30H2,1-4H3. The summed E-state index contributed by atoms with van der Waals surface area (Å²) in [6.45, 7) is 8.24. The molecule has 4 aromatic rings. The highest BCUT2D eigenvalue weighted by molar-refractivity contribution is 5.65. The molecule has 0 fully saturated rings. The fraction of sp³-hybridized carbons (Fsp3) is 0.450. The second-order valence-electron chi connectivity index (χ2n) is 13.5. The van der Waals surface area contributed by atoms with Crippen molar-refractivity contribution in [3.8, 4) is 34.1 Å². The quantitative estimate of drug-likeness (QED) is 0.0884. The number of rotatable bonds is 20. The fourth-order valence-corrected chi connectivity index (χ4v) is 5.51. The van der Waals surface area contributed by atoms with Gasteiger partial charge in [0, 0.05) is 36.2 Å². The van der Waals surface area contributed by atoms with Gasteiger partial charge in [-0.2, -0.15) is 8.78 Å². The average Bonchev–Trinajstić information content (AvgIpc) is 3.47. The minimum absolute atomic E-state index is 0.182. The maximum atomic E-state index is 13.1. The van der Waals surface area contributed by atoms with E-state index in [0.717, 1.165) is 52.8 Å². The number of nitrogens with zero attached hydrogens (tertiary/aromatic N) is 3. The van der Waals surface area contributed by atoms with E-state index < -0.39 is 6.08 Å². The van der Waals surface area contributed by atoms with Gasteiger partial charge in [0.2, 0.25) is 0 Å². The lowest BCUT2D eigenvalue weighted by Gasteiger charge is -2.17. The van der Waals surface area contributed by atoms with Crippen molar-refractivity contribution < 1.29 is 23.0 Å². The molecule has 0 N–H and O–H groups in total. The maximum Gasteiger partial charge on any atom is 0.272 e. The van der Waals surface area contributed by atoms with E-state index in [9.17, 15) is 8.78 Å². The van der Waals surface area contributed by atoms with Crippen molar-refractivity contribution in [2.75, 3.05) is 13.7 Å². The highest BCUT2D eigenvalue weighted by Crippen LogP contribution is 2.26. The summed E-state index contributed by atoms with van der Waals surface area (Å²) >= 11 is 0. The van der Waals surface area contributed by atoms with Crippen LogP contribution in [0.2, 0.25) is 0 Å². The summed E-state index contributed by atoms with van der Waals surface area (Å²) in [5.41, 5.74) is 4.11. The first-order valence-corrected chi connectivity index (χ1v) is 17.2. The van der Waals surface area contributed by atoms with E-state index in [4.69, 9.17) is 14.2 Å². The van der Waals surface area contributed by atoms with Crippen molar-refractivity contribution in [2.45, 2.75) is 98.3 Å². The number of methoxy groups -OCH3 is 1. The molecule has 4 rings (SSSR count). The lowest BCUT2D eigenvalue weighted by molar-refractivity contribution is 0.0748. The lowest BCUT2D eigenvalue weighted by atomic mass is 9.89. The Balaban J connectivity index is 1.23. The molecule has 0 saturated heterocycles. The normalized spacial score (nSPS) is 11.5. The van der Waals surface area contributed by atoms with Crippen LogP contribution < -0.4 is 9.47 Å². The van der Waals surface area contributed by atoms with Gasteiger partial charge in [-0.1, -0.05) is 84.3 Å². The van der Waals surface area contributed by atoms with Gasteiger partial charge in [-0.05, 0) is 72.4 Å². The van der Waals surface area contributed by atoms with Gasteiger partial charge in [0.15, 0.2) is 0 Å². The molecule has 8 heteroatoms. The first kappa shape index (κ1) is 36.8. The fourth-order valence-electron chi connectivity index (χ4n) is 5.51. The van der Waals surface area contributed by atoms with Crippen LogP contribution in [-0.4, -0.2) is 28.3 Å². The van der Waals surface area contributed by atoms with Gasteiger partial charge >= 0.3 is 0 Å². The third kappa shape index (κ3) is 12.9. The highest BCUT2D eigenvalue weighted by atomic mass is 19.3. The summed E-state index contributed by atoms with van der Waals surface area (Å²) in [5, 5.41) is 0. The number of hydrogen-bond donors (Lipinski definition) is 0. The zero-order valence-electron chi connectivity index (χ0n) is 29.0. The second kappa shape index (κ2) is 19.1. The predicted octanol–water partition coefficient (Wildman–Crippen LogP) is 11.4. The van der Waals surface area contributed by atoms with Gasteiger partial charge in [-0.25, -0.2) is 4.98 Å². The number of aromatic nitrogens is 3. The zero-order valence-corrected chi connectivity index (χ0v) is 29.0. The van der Waals surface area contributed by atoms with E-state index in [1.165, 1.54) is 51.4 Å². The lowest BCUT2D eigenvalue weighted by Crippen LogP contribution is -2.05. The summed E-state index contributed by atoms with van der Waals surface area (Å²) in [6, 6.07) is 19.3. The molecule has 0 bridgehead atoms. The number of imidazole rings is 1. The molecule has 48 heavy (non-hydrogen) atoms. The Labute approximate surface area is 285 Å². The van der Waals surface area contributed by atoms with Gasteiger partial charge in [0.05, 0.1) is 18.5 Å². The topological polar surface area (TPSA) is 58.4 Å². The van der Waals surface area contributed by atoms with Crippen molar-refractivity contribution in [1.82, 2.24) is 14.5 Å². The Morgan fingerprint density at radius 2 is 1.40 bits per heavy atom. The Morgan fingerprint density at radius 1 is 0.771 bits per heavy atom. The molecular weight excluding hydrogens is 608 g/mol. The van der Waals surface area contributed by atoms with Crippen molar-refractivity contribution in [1.29, 1.82) is 0 Å². The van der Waals surface area contributed by atoms with Gasteiger partial charge in [-0.3, -0.25) is 4.98 Å². The molecule has 0 saturated carbocycles. The van der Waals surface area contributed by atoms with Gasteiger partial charge in [0.25, 0.3) is 6.08 Å². The number of unbranched alkanes of at least 4 members (excludes halogenated alkanes) is 8. The summed E-state index contributed by atoms with van der Waals surface area (Å²) in [6.07, 6.45) is 14.8. The molecular formula is C40H51F2N3O3. The van der Waals surface area contributed by atoms with Crippen LogP contribution in [0.5, 0.6) is 11.5 Å². The monoisotopic (exact) mass is 659 g/mol. The second-order valence-corrected chi connectivity index (χ2v) is 13.5. The minimum Gasteiger partial charge on any atom is -0.497 e. The molecule has 258 valence electrons. The molecule has 0 aliphatic heterocycles. The molecule has 0 amide bonds. The smallest absolute Gasteiger partial charge is 0.272 e. The Kier molecular flexibility index (Phi) is 14.6. The molecule has 0 aliphatic carbocycles. The van der Waals surface area contributed by atoms with E-state index in [2.05, 4.69) is 30.7 Å². The zero-order chi connectivity index (χ0) is 34.2. The van der Waals surface area contributed by atoms with Crippen LogP contribution in [0.15, 0.2) is 79.1 Å². The van der Waals surface area contributed by atoms with Crippen LogP contribution >= 0.6 is 0 Å². The van der Waals surface area contributed by atoms with Crippen molar-refractivity contribution in [2.24, 2.45) is 5.41 Å². The molecule has 2 aromatic carbocycles. The van der Waals surface area contributed by atoms with E-state index in [1.807, 2.05) is 60.7 Å². The van der Waals surface area contributed by atoms with Crippen LogP contribution in [0.3, 0.4) is 0 Å². The number of benzene rings is 2. The summed E-state index contributed by atoms with van der Waals surface area (Å²) < 4.78 is 44.9. The van der Waals surface area contributed by atoms with E-state index in [0.29, 0.717) is 24.5 Å². The van der Waals surface area contributed by atoms with Crippen molar-refractivity contribution in [3.05, 3.63) is 90.4 Å². The molecule has 0 spiro atoms. The molecule has 0 aliphatic rings. The Hall–Kier alpha value is -4.04. The molecule has 0 radical (unpaired) electrons. The molecule has 6 nitrogen and oxygen atoms in total.